The highest BCUT2D eigenvalue weighted by molar-refractivity contribution is 6.30. The number of nitrogens with zero attached hydrogens (tertiary/aromatic N) is 4. The third kappa shape index (κ3) is 2.90. The minimum Gasteiger partial charge on any atom is -0.497 e. The maximum atomic E-state index is 6.15. The molecule has 0 saturated carbocycles. The van der Waals surface area contributed by atoms with Gasteiger partial charge in [-0.3, -0.25) is 0 Å². The molecule has 1 aliphatic rings. The molecular formula is C21H20ClN5O. The molecular weight excluding hydrogens is 374 g/mol. The summed E-state index contributed by atoms with van der Waals surface area (Å²) in [5.74, 6) is 1.77. The lowest BCUT2D eigenvalue weighted by molar-refractivity contribution is 0.415. The first-order valence-electron chi connectivity index (χ1n) is 9.29. The number of ether oxygens (including phenoxy) is 1. The maximum absolute atomic E-state index is 6.15. The van der Waals surface area contributed by atoms with Crippen LogP contribution in [0.3, 0.4) is 0 Å². The predicted molar refractivity (Wildman–Crippen MR) is 114 cm³/mol. The van der Waals surface area contributed by atoms with E-state index >= 15 is 0 Å². The summed E-state index contributed by atoms with van der Waals surface area (Å²) in [4.78, 5) is 17.3. The van der Waals surface area contributed by atoms with Crippen LogP contribution in [-0.4, -0.2) is 48.2 Å². The third-order valence-corrected chi connectivity index (χ3v) is 5.56. The van der Waals surface area contributed by atoms with Crippen molar-refractivity contribution in [2.24, 2.45) is 0 Å². The van der Waals surface area contributed by atoms with Gasteiger partial charge in [-0.05, 0) is 30.3 Å². The summed E-state index contributed by atoms with van der Waals surface area (Å²) < 4.78 is 5.35. The first kappa shape index (κ1) is 17.1. The SMILES string of the molecule is COc1ccc2c(c1)[nH]c1c(N3CCN(c4cccc(Cl)c4)CC3)ncnc12. The van der Waals surface area contributed by atoms with E-state index < -0.39 is 0 Å². The number of benzene rings is 2. The van der Waals surface area contributed by atoms with Crippen LogP contribution in [0.4, 0.5) is 11.5 Å². The molecule has 28 heavy (non-hydrogen) atoms. The smallest absolute Gasteiger partial charge is 0.156 e. The second-order valence-electron chi connectivity index (χ2n) is 6.91. The summed E-state index contributed by atoms with van der Waals surface area (Å²) in [6, 6.07) is 14.0. The third-order valence-electron chi connectivity index (χ3n) is 5.32. The van der Waals surface area contributed by atoms with Gasteiger partial charge in [0.05, 0.1) is 12.6 Å². The largest absolute Gasteiger partial charge is 0.497 e. The van der Waals surface area contributed by atoms with Crippen LogP contribution in [-0.2, 0) is 0 Å². The Morgan fingerprint density at radius 2 is 1.82 bits per heavy atom. The molecule has 5 rings (SSSR count). The van der Waals surface area contributed by atoms with Crippen LogP contribution < -0.4 is 14.5 Å². The van der Waals surface area contributed by atoms with Crippen LogP contribution in [0.1, 0.15) is 0 Å². The fourth-order valence-corrected chi connectivity index (χ4v) is 4.06. The number of anilines is 2. The average molecular weight is 394 g/mol. The van der Waals surface area contributed by atoms with E-state index in [1.807, 2.05) is 36.4 Å². The molecule has 2 aromatic heterocycles. The number of piperazine rings is 1. The minimum atomic E-state index is 0.769. The van der Waals surface area contributed by atoms with Gasteiger partial charge in [0.25, 0.3) is 0 Å². The molecule has 4 aromatic rings. The first-order valence-corrected chi connectivity index (χ1v) is 9.66. The molecule has 142 valence electrons. The Morgan fingerprint density at radius 1 is 1.00 bits per heavy atom. The van der Waals surface area contributed by atoms with Gasteiger partial charge in [0, 0.05) is 48.3 Å². The van der Waals surface area contributed by atoms with E-state index in [1.165, 1.54) is 0 Å². The Kier molecular flexibility index (Phi) is 4.20. The topological polar surface area (TPSA) is 57.3 Å². The predicted octanol–water partition coefficient (Wildman–Crippen LogP) is 4.10. The van der Waals surface area contributed by atoms with Crippen molar-refractivity contribution in [3.05, 3.63) is 53.8 Å². The number of halogens is 1. The van der Waals surface area contributed by atoms with E-state index in [-0.39, 0.29) is 0 Å². The molecule has 7 heteroatoms. The molecule has 0 atom stereocenters. The molecule has 6 nitrogen and oxygen atoms in total. The van der Waals surface area contributed by atoms with Crippen molar-refractivity contribution in [3.63, 3.8) is 0 Å². The number of H-pyrrole nitrogens is 1. The van der Waals surface area contributed by atoms with Crippen molar-refractivity contribution in [2.75, 3.05) is 43.1 Å². The highest BCUT2D eigenvalue weighted by Crippen LogP contribution is 2.32. The van der Waals surface area contributed by atoms with Crippen molar-refractivity contribution in [3.8, 4) is 5.75 Å². The number of nitrogens with one attached hydrogen (secondary N) is 1. The molecule has 0 amide bonds. The number of rotatable bonds is 3. The van der Waals surface area contributed by atoms with E-state index in [9.17, 15) is 0 Å². The van der Waals surface area contributed by atoms with Crippen molar-refractivity contribution < 1.29 is 4.74 Å². The van der Waals surface area contributed by atoms with Gasteiger partial charge >= 0.3 is 0 Å². The molecule has 0 bridgehead atoms. The Hall–Kier alpha value is -2.99. The number of aromatic amines is 1. The van der Waals surface area contributed by atoms with Gasteiger partial charge < -0.3 is 19.5 Å². The van der Waals surface area contributed by atoms with Crippen molar-refractivity contribution in [1.82, 2.24) is 15.0 Å². The zero-order chi connectivity index (χ0) is 19.1. The second-order valence-corrected chi connectivity index (χ2v) is 7.35. The molecule has 0 spiro atoms. The van der Waals surface area contributed by atoms with Crippen molar-refractivity contribution in [1.29, 1.82) is 0 Å². The van der Waals surface area contributed by atoms with Crippen LogP contribution in [0, 0.1) is 0 Å². The van der Waals surface area contributed by atoms with E-state index in [2.05, 4.69) is 30.8 Å². The molecule has 3 heterocycles. The van der Waals surface area contributed by atoms with Gasteiger partial charge in [-0.25, -0.2) is 9.97 Å². The number of aromatic nitrogens is 3. The fraction of sp³-hybridized carbons (Fsp3) is 0.238. The zero-order valence-corrected chi connectivity index (χ0v) is 16.3. The molecule has 1 fully saturated rings. The standard InChI is InChI=1S/C21H20ClN5O/c1-28-16-5-6-17-18(12-16)25-20-19(17)23-13-24-21(20)27-9-7-26(8-10-27)15-4-2-3-14(22)11-15/h2-6,11-13,25H,7-10H2,1H3. The van der Waals surface area contributed by atoms with Crippen molar-refractivity contribution in [2.45, 2.75) is 0 Å². The van der Waals surface area contributed by atoms with Crippen LogP contribution in [0.15, 0.2) is 48.8 Å². The molecule has 0 radical (unpaired) electrons. The lowest BCUT2D eigenvalue weighted by Gasteiger charge is -2.36. The summed E-state index contributed by atoms with van der Waals surface area (Å²) in [5.41, 5.74) is 4.09. The molecule has 1 aliphatic heterocycles. The normalized spacial score (nSPS) is 14.8. The van der Waals surface area contributed by atoms with Gasteiger partial charge in [-0.2, -0.15) is 0 Å². The van der Waals surface area contributed by atoms with E-state index in [0.717, 1.165) is 70.4 Å². The zero-order valence-electron chi connectivity index (χ0n) is 15.5. The molecule has 2 aromatic carbocycles. The van der Waals surface area contributed by atoms with Crippen LogP contribution in [0.5, 0.6) is 5.75 Å². The van der Waals surface area contributed by atoms with Crippen LogP contribution in [0.25, 0.3) is 21.9 Å². The quantitative estimate of drug-likeness (QED) is 0.568. The minimum absolute atomic E-state index is 0.769. The number of hydrogen-bond donors (Lipinski definition) is 1. The number of hydrogen-bond acceptors (Lipinski definition) is 5. The van der Waals surface area contributed by atoms with Gasteiger partial charge in [-0.1, -0.05) is 17.7 Å². The summed E-state index contributed by atoms with van der Waals surface area (Å²) in [5, 5.41) is 1.85. The summed E-state index contributed by atoms with van der Waals surface area (Å²) >= 11 is 6.15. The van der Waals surface area contributed by atoms with Gasteiger partial charge in [0.1, 0.15) is 23.1 Å². The Labute approximate surface area is 167 Å². The summed E-state index contributed by atoms with van der Waals surface area (Å²) in [6.45, 7) is 3.61. The molecule has 1 N–H and O–H groups in total. The Bertz CT molecular complexity index is 1150. The van der Waals surface area contributed by atoms with Gasteiger partial charge in [0.2, 0.25) is 0 Å². The van der Waals surface area contributed by atoms with Gasteiger partial charge in [-0.15, -0.1) is 0 Å². The number of fused-ring (bicyclic) bond motifs is 3. The number of methoxy groups -OCH3 is 1. The molecule has 1 saturated heterocycles. The first-order chi connectivity index (χ1) is 13.7. The van der Waals surface area contributed by atoms with Crippen molar-refractivity contribution >= 4 is 45.0 Å². The lowest BCUT2D eigenvalue weighted by atomic mass is 10.2. The van der Waals surface area contributed by atoms with Gasteiger partial charge in [0.15, 0.2) is 5.82 Å². The Balaban J connectivity index is 1.45. The van der Waals surface area contributed by atoms with E-state index in [1.54, 1.807) is 13.4 Å². The highest BCUT2D eigenvalue weighted by atomic mass is 35.5. The lowest BCUT2D eigenvalue weighted by Crippen LogP contribution is -2.47. The second kappa shape index (κ2) is 6.87. The summed E-state index contributed by atoms with van der Waals surface area (Å²) in [6.07, 6.45) is 1.65. The van der Waals surface area contributed by atoms with E-state index in [0.29, 0.717) is 0 Å². The van der Waals surface area contributed by atoms with Crippen LogP contribution in [0.2, 0.25) is 5.02 Å². The monoisotopic (exact) mass is 393 g/mol. The van der Waals surface area contributed by atoms with Crippen LogP contribution >= 0.6 is 11.6 Å². The highest BCUT2D eigenvalue weighted by Gasteiger charge is 2.22. The average Bonchev–Trinajstić information content (AvgIpc) is 3.11. The fourth-order valence-electron chi connectivity index (χ4n) is 3.88. The molecule has 0 aliphatic carbocycles. The summed E-state index contributed by atoms with van der Waals surface area (Å²) in [7, 11) is 1.68. The molecule has 0 unspecified atom stereocenters. The maximum Gasteiger partial charge on any atom is 0.156 e. The Morgan fingerprint density at radius 3 is 2.61 bits per heavy atom. The van der Waals surface area contributed by atoms with E-state index in [4.69, 9.17) is 16.3 Å².